The SMILES string of the molecule is Cc1cc(C)cc(NC(N)=NCc2ccccc2S(=O)(=O)N(C)C)c1. The highest BCUT2D eigenvalue weighted by Gasteiger charge is 2.20. The molecule has 0 saturated carbocycles. The molecule has 25 heavy (non-hydrogen) atoms. The Morgan fingerprint density at radius 2 is 1.72 bits per heavy atom. The largest absolute Gasteiger partial charge is 0.370 e. The zero-order valence-corrected chi connectivity index (χ0v) is 15.8. The summed E-state index contributed by atoms with van der Waals surface area (Å²) in [6.07, 6.45) is 0. The summed E-state index contributed by atoms with van der Waals surface area (Å²) in [4.78, 5) is 4.52. The van der Waals surface area contributed by atoms with Gasteiger partial charge in [0.15, 0.2) is 5.96 Å². The van der Waals surface area contributed by atoms with Crippen LogP contribution in [0.4, 0.5) is 5.69 Å². The molecule has 0 saturated heterocycles. The smallest absolute Gasteiger partial charge is 0.242 e. The molecule has 0 aliphatic rings. The number of anilines is 1. The van der Waals surface area contributed by atoms with Crippen molar-refractivity contribution >= 4 is 21.7 Å². The second kappa shape index (κ2) is 7.67. The standard InChI is InChI=1S/C18H24N4O2S/c1-13-9-14(2)11-16(10-13)21-18(19)20-12-15-7-5-6-8-17(15)25(23,24)22(3)4/h5-11H,12H2,1-4H3,(H3,19,20,21). The summed E-state index contributed by atoms with van der Waals surface area (Å²) < 4.78 is 26.0. The molecule has 0 bridgehead atoms. The van der Waals surface area contributed by atoms with Crippen molar-refractivity contribution in [3.05, 3.63) is 59.2 Å². The fraction of sp³-hybridized carbons (Fsp3) is 0.278. The molecule has 2 aromatic carbocycles. The maximum absolute atomic E-state index is 12.4. The normalized spacial score (nSPS) is 12.4. The molecule has 2 rings (SSSR count). The van der Waals surface area contributed by atoms with E-state index in [2.05, 4.69) is 16.4 Å². The van der Waals surface area contributed by atoms with Crippen LogP contribution in [0.25, 0.3) is 0 Å². The van der Waals surface area contributed by atoms with Gasteiger partial charge in [0.1, 0.15) is 0 Å². The molecule has 3 N–H and O–H groups in total. The third-order valence-corrected chi connectivity index (χ3v) is 5.56. The predicted molar refractivity (Wildman–Crippen MR) is 102 cm³/mol. The quantitative estimate of drug-likeness (QED) is 0.633. The third-order valence-electron chi connectivity index (χ3n) is 3.65. The average Bonchev–Trinajstić information content (AvgIpc) is 2.52. The van der Waals surface area contributed by atoms with E-state index in [0.717, 1.165) is 16.8 Å². The lowest BCUT2D eigenvalue weighted by Gasteiger charge is -2.14. The van der Waals surface area contributed by atoms with Crippen molar-refractivity contribution in [2.75, 3.05) is 19.4 Å². The summed E-state index contributed by atoms with van der Waals surface area (Å²) in [5.41, 5.74) is 9.65. The number of benzene rings is 2. The minimum atomic E-state index is -3.52. The fourth-order valence-corrected chi connectivity index (χ4v) is 3.60. The van der Waals surface area contributed by atoms with Crippen molar-refractivity contribution in [1.29, 1.82) is 0 Å². The van der Waals surface area contributed by atoms with E-state index in [1.165, 1.54) is 18.4 Å². The van der Waals surface area contributed by atoms with E-state index in [9.17, 15) is 8.42 Å². The van der Waals surface area contributed by atoms with E-state index in [4.69, 9.17) is 5.73 Å². The number of nitrogens with two attached hydrogens (primary N) is 1. The minimum absolute atomic E-state index is 0.173. The van der Waals surface area contributed by atoms with Gasteiger partial charge in [0.05, 0.1) is 11.4 Å². The summed E-state index contributed by atoms with van der Waals surface area (Å²) in [5, 5.41) is 3.04. The monoisotopic (exact) mass is 360 g/mol. The van der Waals surface area contributed by atoms with Crippen LogP contribution in [0.2, 0.25) is 0 Å². The molecule has 0 heterocycles. The first-order valence-corrected chi connectivity index (χ1v) is 9.30. The van der Waals surface area contributed by atoms with E-state index >= 15 is 0 Å². The summed E-state index contributed by atoms with van der Waals surface area (Å²) in [5.74, 6) is 0.238. The second-order valence-corrected chi connectivity index (χ2v) is 8.22. The van der Waals surface area contributed by atoms with Gasteiger partial charge in [-0.05, 0) is 48.7 Å². The first-order valence-electron chi connectivity index (χ1n) is 7.86. The molecule has 0 aliphatic heterocycles. The van der Waals surface area contributed by atoms with Crippen LogP contribution in [0.15, 0.2) is 52.4 Å². The van der Waals surface area contributed by atoms with E-state index in [0.29, 0.717) is 5.56 Å². The summed E-state index contributed by atoms with van der Waals surface area (Å²) >= 11 is 0. The second-order valence-electron chi connectivity index (χ2n) is 6.10. The Morgan fingerprint density at radius 1 is 1.12 bits per heavy atom. The van der Waals surface area contributed by atoms with Crippen LogP contribution in [0.5, 0.6) is 0 Å². The third kappa shape index (κ3) is 4.80. The van der Waals surface area contributed by atoms with Gasteiger partial charge >= 0.3 is 0 Å². The maximum atomic E-state index is 12.4. The number of hydrogen-bond acceptors (Lipinski definition) is 3. The highest BCUT2D eigenvalue weighted by atomic mass is 32.2. The molecule has 0 amide bonds. The average molecular weight is 360 g/mol. The number of guanidine groups is 1. The number of nitrogens with one attached hydrogen (secondary N) is 1. The Morgan fingerprint density at radius 3 is 2.32 bits per heavy atom. The van der Waals surface area contributed by atoms with Gasteiger partial charge in [-0.1, -0.05) is 24.3 Å². The van der Waals surface area contributed by atoms with Crippen molar-refractivity contribution in [3.8, 4) is 0 Å². The number of nitrogens with zero attached hydrogens (tertiary/aromatic N) is 2. The van der Waals surface area contributed by atoms with Crippen LogP contribution in [0, 0.1) is 13.8 Å². The summed E-state index contributed by atoms with van der Waals surface area (Å²) in [7, 11) is -0.512. The number of rotatable bonds is 5. The number of hydrogen-bond donors (Lipinski definition) is 2. The lowest BCUT2D eigenvalue weighted by atomic mass is 10.1. The Hall–Kier alpha value is -2.38. The van der Waals surface area contributed by atoms with Crippen molar-refractivity contribution in [3.63, 3.8) is 0 Å². The van der Waals surface area contributed by atoms with E-state index in [-0.39, 0.29) is 17.4 Å². The van der Waals surface area contributed by atoms with Crippen molar-refractivity contribution < 1.29 is 8.42 Å². The lowest BCUT2D eigenvalue weighted by Crippen LogP contribution is -2.24. The van der Waals surface area contributed by atoms with E-state index in [1.54, 1.807) is 24.3 Å². The fourth-order valence-electron chi connectivity index (χ4n) is 2.49. The van der Waals surface area contributed by atoms with Crippen LogP contribution in [0.3, 0.4) is 0 Å². The van der Waals surface area contributed by atoms with Gasteiger partial charge in [0.2, 0.25) is 10.0 Å². The first-order chi connectivity index (χ1) is 11.7. The first kappa shape index (κ1) is 19.0. The molecule has 6 nitrogen and oxygen atoms in total. The lowest BCUT2D eigenvalue weighted by molar-refractivity contribution is 0.519. The number of aliphatic imine (C=N–C) groups is 1. The zero-order chi connectivity index (χ0) is 18.6. The van der Waals surface area contributed by atoms with E-state index in [1.807, 2.05) is 26.0 Å². The topological polar surface area (TPSA) is 87.8 Å². The van der Waals surface area contributed by atoms with Crippen LogP contribution < -0.4 is 11.1 Å². The van der Waals surface area contributed by atoms with Crippen LogP contribution in [0.1, 0.15) is 16.7 Å². The van der Waals surface area contributed by atoms with Crippen molar-refractivity contribution in [2.24, 2.45) is 10.7 Å². The summed E-state index contributed by atoms with van der Waals surface area (Å²) in [6, 6.07) is 12.8. The Labute approximate surface area is 149 Å². The molecular weight excluding hydrogens is 336 g/mol. The van der Waals surface area contributed by atoms with Gasteiger partial charge in [-0.25, -0.2) is 17.7 Å². The van der Waals surface area contributed by atoms with Crippen LogP contribution >= 0.6 is 0 Å². The van der Waals surface area contributed by atoms with Crippen LogP contribution in [-0.2, 0) is 16.6 Å². The predicted octanol–water partition coefficient (Wildman–Crippen LogP) is 2.48. The Balaban J connectivity index is 2.22. The van der Waals surface area contributed by atoms with Gasteiger partial charge in [0, 0.05) is 19.8 Å². The minimum Gasteiger partial charge on any atom is -0.370 e. The summed E-state index contributed by atoms with van der Waals surface area (Å²) in [6.45, 7) is 4.19. The molecule has 7 heteroatoms. The number of sulfonamides is 1. The van der Waals surface area contributed by atoms with Crippen LogP contribution in [-0.4, -0.2) is 32.8 Å². The van der Waals surface area contributed by atoms with Crippen molar-refractivity contribution in [1.82, 2.24) is 4.31 Å². The molecule has 0 fully saturated rings. The molecule has 134 valence electrons. The van der Waals surface area contributed by atoms with Crippen molar-refractivity contribution in [2.45, 2.75) is 25.3 Å². The Kier molecular flexibility index (Phi) is 5.81. The molecule has 0 spiro atoms. The highest BCUT2D eigenvalue weighted by molar-refractivity contribution is 7.89. The van der Waals surface area contributed by atoms with E-state index < -0.39 is 10.0 Å². The van der Waals surface area contributed by atoms with Gasteiger partial charge in [-0.2, -0.15) is 0 Å². The Bertz CT molecular complexity index is 869. The zero-order valence-electron chi connectivity index (χ0n) is 14.9. The molecule has 0 aliphatic carbocycles. The van der Waals surface area contributed by atoms with Gasteiger partial charge < -0.3 is 11.1 Å². The highest BCUT2D eigenvalue weighted by Crippen LogP contribution is 2.19. The molecule has 0 atom stereocenters. The van der Waals surface area contributed by atoms with Gasteiger partial charge in [-0.3, -0.25) is 0 Å². The molecular formula is C18H24N4O2S. The molecule has 0 unspecified atom stereocenters. The molecule has 2 aromatic rings. The maximum Gasteiger partial charge on any atom is 0.242 e. The number of aryl methyl sites for hydroxylation is 2. The molecule has 0 aromatic heterocycles. The molecule has 0 radical (unpaired) electrons. The van der Waals surface area contributed by atoms with Gasteiger partial charge in [0.25, 0.3) is 0 Å². The van der Waals surface area contributed by atoms with Gasteiger partial charge in [-0.15, -0.1) is 0 Å².